The number of likely N-dealkylation sites (tertiary alicyclic amines) is 1. The number of piperidine rings is 1. The van der Waals surface area contributed by atoms with Crippen LogP contribution in [0.2, 0.25) is 0 Å². The fraction of sp³-hybridized carbons (Fsp3) is 0.421. The van der Waals surface area contributed by atoms with Crippen LogP contribution < -0.4 is 10.1 Å². The Bertz CT molecular complexity index is 664. The van der Waals surface area contributed by atoms with E-state index in [0.29, 0.717) is 19.3 Å². The zero-order valence-electron chi connectivity index (χ0n) is 14.6. The third-order valence-corrected chi connectivity index (χ3v) is 4.44. The average Bonchev–Trinajstić information content (AvgIpc) is 3.17. The van der Waals surface area contributed by atoms with Crippen molar-refractivity contribution < 1.29 is 14.3 Å². The second-order valence-corrected chi connectivity index (χ2v) is 6.15. The van der Waals surface area contributed by atoms with Gasteiger partial charge < -0.3 is 24.3 Å². The van der Waals surface area contributed by atoms with E-state index in [9.17, 15) is 4.79 Å². The number of carbonyl (C=O) groups excluding carboxylic acids is 1. The quantitative estimate of drug-likeness (QED) is 0.818. The fourth-order valence-electron chi connectivity index (χ4n) is 3.07. The molecule has 6 heteroatoms. The van der Waals surface area contributed by atoms with Crippen LogP contribution >= 0.6 is 0 Å². The molecule has 0 bridgehead atoms. The average molecular weight is 343 g/mol. The first-order valence-electron chi connectivity index (χ1n) is 8.66. The molecule has 1 saturated heterocycles. The Kier molecular flexibility index (Phi) is 5.95. The first kappa shape index (κ1) is 17.4. The van der Waals surface area contributed by atoms with Gasteiger partial charge in [-0.3, -0.25) is 0 Å². The molecule has 0 spiro atoms. The van der Waals surface area contributed by atoms with E-state index >= 15 is 0 Å². The SMILES string of the molecule is COCCOc1cccc(NC(=O)N2CCC(n3cccc3)CC2)c1. The smallest absolute Gasteiger partial charge is 0.321 e. The van der Waals surface area contributed by atoms with Gasteiger partial charge >= 0.3 is 6.03 Å². The van der Waals surface area contributed by atoms with Crippen molar-refractivity contribution in [3.05, 3.63) is 48.8 Å². The van der Waals surface area contributed by atoms with Crippen LogP contribution in [0.5, 0.6) is 5.75 Å². The molecule has 0 unspecified atom stereocenters. The van der Waals surface area contributed by atoms with Gasteiger partial charge in [0.2, 0.25) is 0 Å². The number of rotatable bonds is 6. The Labute approximate surface area is 148 Å². The van der Waals surface area contributed by atoms with Crippen molar-refractivity contribution in [1.82, 2.24) is 9.47 Å². The minimum atomic E-state index is -0.0556. The third kappa shape index (κ3) is 4.76. The van der Waals surface area contributed by atoms with Crippen molar-refractivity contribution in [2.24, 2.45) is 0 Å². The van der Waals surface area contributed by atoms with Gasteiger partial charge in [0.25, 0.3) is 0 Å². The number of aromatic nitrogens is 1. The maximum absolute atomic E-state index is 12.5. The lowest BCUT2D eigenvalue weighted by Crippen LogP contribution is -2.41. The molecule has 3 rings (SSSR count). The molecule has 0 aliphatic carbocycles. The molecule has 2 amide bonds. The summed E-state index contributed by atoms with van der Waals surface area (Å²) in [5.41, 5.74) is 0.743. The summed E-state index contributed by atoms with van der Waals surface area (Å²) in [5.74, 6) is 0.723. The standard InChI is InChI=1S/C19H25N3O3/c1-24-13-14-25-18-6-4-5-16(15-18)20-19(23)22-11-7-17(8-12-22)21-9-2-3-10-21/h2-6,9-10,15,17H,7-8,11-14H2,1H3,(H,20,23). The number of nitrogens with one attached hydrogen (secondary N) is 1. The molecular formula is C19H25N3O3. The van der Waals surface area contributed by atoms with E-state index in [-0.39, 0.29) is 6.03 Å². The highest BCUT2D eigenvalue weighted by Crippen LogP contribution is 2.23. The normalized spacial score (nSPS) is 15.2. The van der Waals surface area contributed by atoms with E-state index in [0.717, 1.165) is 37.4 Å². The number of carbonyl (C=O) groups is 1. The van der Waals surface area contributed by atoms with Gasteiger partial charge in [-0.05, 0) is 37.1 Å². The summed E-state index contributed by atoms with van der Waals surface area (Å²) in [6.07, 6.45) is 6.13. The second-order valence-electron chi connectivity index (χ2n) is 6.15. The molecule has 1 N–H and O–H groups in total. The van der Waals surface area contributed by atoms with Crippen LogP contribution in [0.3, 0.4) is 0 Å². The number of methoxy groups -OCH3 is 1. The summed E-state index contributed by atoms with van der Waals surface area (Å²) in [6.45, 7) is 2.55. The zero-order valence-corrected chi connectivity index (χ0v) is 14.6. The van der Waals surface area contributed by atoms with E-state index < -0.39 is 0 Å². The molecule has 0 atom stereocenters. The number of hydrogen-bond donors (Lipinski definition) is 1. The number of benzene rings is 1. The minimum absolute atomic E-state index is 0.0556. The molecule has 1 fully saturated rings. The van der Waals surface area contributed by atoms with Crippen molar-refractivity contribution in [3.63, 3.8) is 0 Å². The molecule has 6 nitrogen and oxygen atoms in total. The summed E-state index contributed by atoms with van der Waals surface area (Å²) >= 11 is 0. The topological polar surface area (TPSA) is 55.7 Å². The highest BCUT2D eigenvalue weighted by Gasteiger charge is 2.23. The molecule has 0 saturated carbocycles. The first-order chi connectivity index (χ1) is 12.3. The fourth-order valence-corrected chi connectivity index (χ4v) is 3.07. The second kappa shape index (κ2) is 8.58. The number of nitrogens with zero attached hydrogens (tertiary/aromatic N) is 2. The largest absolute Gasteiger partial charge is 0.491 e. The van der Waals surface area contributed by atoms with Gasteiger partial charge in [-0.15, -0.1) is 0 Å². The van der Waals surface area contributed by atoms with Crippen LogP contribution in [0.4, 0.5) is 10.5 Å². The summed E-state index contributed by atoms with van der Waals surface area (Å²) in [6, 6.07) is 12.0. The van der Waals surface area contributed by atoms with E-state index in [1.807, 2.05) is 41.3 Å². The van der Waals surface area contributed by atoms with Crippen LogP contribution in [0.15, 0.2) is 48.8 Å². The molecule has 1 aliphatic rings. The van der Waals surface area contributed by atoms with Gasteiger partial charge in [0.1, 0.15) is 12.4 Å². The lowest BCUT2D eigenvalue weighted by molar-refractivity contribution is 0.146. The predicted molar refractivity (Wildman–Crippen MR) is 97.1 cm³/mol. The van der Waals surface area contributed by atoms with Gasteiger partial charge in [-0.25, -0.2) is 4.79 Å². The molecule has 0 radical (unpaired) electrons. The Morgan fingerprint density at radius 2 is 1.92 bits per heavy atom. The van der Waals surface area contributed by atoms with Crippen molar-refractivity contribution in [3.8, 4) is 5.75 Å². The number of urea groups is 1. The summed E-state index contributed by atoms with van der Waals surface area (Å²) in [5, 5.41) is 2.96. The van der Waals surface area contributed by atoms with Gasteiger partial charge in [-0.2, -0.15) is 0 Å². The third-order valence-electron chi connectivity index (χ3n) is 4.44. The molecule has 1 aromatic heterocycles. The molecular weight excluding hydrogens is 318 g/mol. The van der Waals surface area contributed by atoms with Gasteiger partial charge in [-0.1, -0.05) is 6.07 Å². The van der Waals surface area contributed by atoms with Crippen molar-refractivity contribution in [2.45, 2.75) is 18.9 Å². The summed E-state index contributed by atoms with van der Waals surface area (Å²) in [4.78, 5) is 14.4. The summed E-state index contributed by atoms with van der Waals surface area (Å²) < 4.78 is 12.8. The van der Waals surface area contributed by atoms with Gasteiger partial charge in [0, 0.05) is 50.4 Å². The highest BCUT2D eigenvalue weighted by molar-refractivity contribution is 5.89. The van der Waals surface area contributed by atoms with Gasteiger partial charge in [0.15, 0.2) is 0 Å². The van der Waals surface area contributed by atoms with Crippen LogP contribution in [-0.2, 0) is 4.74 Å². The van der Waals surface area contributed by atoms with E-state index in [2.05, 4.69) is 22.3 Å². The number of hydrogen-bond acceptors (Lipinski definition) is 3. The molecule has 1 aliphatic heterocycles. The molecule has 2 heterocycles. The lowest BCUT2D eigenvalue weighted by atomic mass is 10.1. The summed E-state index contributed by atoms with van der Waals surface area (Å²) in [7, 11) is 1.64. The number of anilines is 1. The Morgan fingerprint density at radius 1 is 1.16 bits per heavy atom. The first-order valence-corrected chi connectivity index (χ1v) is 8.66. The highest BCUT2D eigenvalue weighted by atomic mass is 16.5. The maximum atomic E-state index is 12.5. The van der Waals surface area contributed by atoms with E-state index in [1.165, 1.54) is 0 Å². The van der Waals surface area contributed by atoms with Crippen molar-refractivity contribution in [2.75, 3.05) is 38.7 Å². The Hall–Kier alpha value is -2.47. The van der Waals surface area contributed by atoms with E-state index in [4.69, 9.17) is 9.47 Å². The molecule has 2 aromatic rings. The Balaban J connectivity index is 1.50. The lowest BCUT2D eigenvalue weighted by Gasteiger charge is -2.32. The van der Waals surface area contributed by atoms with Crippen LogP contribution in [-0.4, -0.2) is 48.9 Å². The molecule has 134 valence electrons. The van der Waals surface area contributed by atoms with E-state index in [1.54, 1.807) is 7.11 Å². The van der Waals surface area contributed by atoms with Crippen LogP contribution in [0.1, 0.15) is 18.9 Å². The molecule has 1 aromatic carbocycles. The number of ether oxygens (including phenoxy) is 2. The molecule has 25 heavy (non-hydrogen) atoms. The van der Waals surface area contributed by atoms with Crippen LogP contribution in [0.25, 0.3) is 0 Å². The van der Waals surface area contributed by atoms with Gasteiger partial charge in [0.05, 0.1) is 6.61 Å². The van der Waals surface area contributed by atoms with Crippen molar-refractivity contribution in [1.29, 1.82) is 0 Å². The Morgan fingerprint density at radius 3 is 2.64 bits per heavy atom. The van der Waals surface area contributed by atoms with Crippen molar-refractivity contribution >= 4 is 11.7 Å². The number of amides is 2. The predicted octanol–water partition coefficient (Wildman–Crippen LogP) is 3.38. The maximum Gasteiger partial charge on any atom is 0.321 e. The monoisotopic (exact) mass is 343 g/mol. The van der Waals surface area contributed by atoms with Crippen LogP contribution in [0, 0.1) is 0 Å². The minimum Gasteiger partial charge on any atom is -0.491 e. The zero-order chi connectivity index (χ0) is 17.5.